The van der Waals surface area contributed by atoms with Gasteiger partial charge in [0.25, 0.3) is 0 Å². The van der Waals surface area contributed by atoms with Gasteiger partial charge >= 0.3 is 0 Å². The van der Waals surface area contributed by atoms with E-state index in [-0.39, 0.29) is 7.34 Å². The lowest BCUT2D eigenvalue weighted by Gasteiger charge is -2.23. The summed E-state index contributed by atoms with van der Waals surface area (Å²) in [4.78, 5) is 0. The highest BCUT2D eigenvalue weighted by atomic mass is 16.5. The van der Waals surface area contributed by atoms with Gasteiger partial charge in [-0.05, 0) is 48.2 Å². The van der Waals surface area contributed by atoms with Crippen LogP contribution in [0.25, 0.3) is 5.57 Å². The molecule has 29 heavy (non-hydrogen) atoms. The van der Waals surface area contributed by atoms with Crippen LogP contribution in [0.4, 0.5) is 0 Å². The minimum Gasteiger partial charge on any atom is -0.385 e. The standard InChI is InChI=1S/C23H27NO.2C2H6.H2/c1-18-22(14-9-17-25-2)24-16-15-21(19-10-5-3-6-11-19)23(18)20-12-7-4-8-13-20;2*1-2;/h3-8,10-13,15-16,21-22,24H,9,14,17H2,1-2H3;2*1-2H3;1H. The molecule has 0 aromatic heterocycles. The Bertz CT molecular complexity index is 725. The van der Waals surface area contributed by atoms with Crippen molar-refractivity contribution in [3.63, 3.8) is 0 Å². The number of benzene rings is 2. The van der Waals surface area contributed by atoms with E-state index in [1.54, 1.807) is 7.11 Å². The maximum Gasteiger partial charge on any atom is 0.0472 e. The summed E-state index contributed by atoms with van der Waals surface area (Å²) in [6.07, 6.45) is 6.55. The molecule has 1 aliphatic rings. The van der Waals surface area contributed by atoms with E-state index in [1.165, 1.54) is 22.3 Å². The smallest absolute Gasteiger partial charge is 0.0472 e. The Morgan fingerprint density at radius 1 is 0.897 bits per heavy atom. The Morgan fingerprint density at radius 2 is 1.48 bits per heavy atom. The summed E-state index contributed by atoms with van der Waals surface area (Å²) >= 11 is 0. The molecule has 2 nitrogen and oxygen atoms in total. The van der Waals surface area contributed by atoms with Gasteiger partial charge in [-0.3, -0.25) is 0 Å². The maximum atomic E-state index is 5.24. The quantitative estimate of drug-likeness (QED) is 0.513. The van der Waals surface area contributed by atoms with E-state index in [1.807, 2.05) is 27.7 Å². The Balaban J connectivity index is 0.00000159. The second-order valence-corrected chi connectivity index (χ2v) is 6.56. The molecule has 1 N–H and O–H groups in total. The van der Waals surface area contributed by atoms with Crippen molar-refractivity contribution < 1.29 is 6.16 Å². The van der Waals surface area contributed by atoms with Gasteiger partial charge in [-0.1, -0.05) is 94.4 Å². The summed E-state index contributed by atoms with van der Waals surface area (Å²) in [6, 6.07) is 21.9. The molecule has 0 saturated carbocycles. The monoisotopic (exact) mass is 395 g/mol. The van der Waals surface area contributed by atoms with Crippen LogP contribution in [0.2, 0.25) is 0 Å². The Labute approximate surface area is 180 Å². The number of ether oxygens (including phenoxy) is 1. The predicted octanol–water partition coefficient (Wildman–Crippen LogP) is 7.45. The molecule has 0 spiro atoms. The first-order valence-electron chi connectivity index (χ1n) is 11.0. The van der Waals surface area contributed by atoms with E-state index >= 15 is 0 Å². The lowest BCUT2D eigenvalue weighted by atomic mass is 9.82. The number of hydrogen-bond acceptors (Lipinski definition) is 2. The first-order valence-corrected chi connectivity index (χ1v) is 11.0. The Morgan fingerprint density at radius 3 is 2.07 bits per heavy atom. The lowest BCUT2D eigenvalue weighted by Crippen LogP contribution is -2.25. The minimum atomic E-state index is 0. The summed E-state index contributed by atoms with van der Waals surface area (Å²) in [5.74, 6) is 0.267. The molecule has 0 fully saturated rings. The van der Waals surface area contributed by atoms with Crippen LogP contribution in [0.1, 0.15) is 65.9 Å². The largest absolute Gasteiger partial charge is 0.385 e. The molecular weight excluding hydrogens is 354 g/mol. The average Bonchev–Trinajstić information content (AvgIpc) is 2.97. The SMILES string of the molecule is CC.CC.COCCCC1NC=CC(c2ccccc2)C(c2ccccc2)=C1C.[HH]. The molecule has 0 amide bonds. The number of methoxy groups -OCH3 is 1. The van der Waals surface area contributed by atoms with Crippen molar-refractivity contribution in [3.8, 4) is 0 Å². The van der Waals surface area contributed by atoms with E-state index < -0.39 is 0 Å². The highest BCUT2D eigenvalue weighted by molar-refractivity contribution is 5.77. The minimum absolute atomic E-state index is 0. The first-order chi connectivity index (χ1) is 14.3. The Hall–Kier alpha value is -2.32. The summed E-state index contributed by atoms with van der Waals surface area (Å²) in [5, 5.41) is 3.60. The molecule has 0 saturated heterocycles. The normalized spacial score (nSPS) is 17.9. The van der Waals surface area contributed by atoms with Crippen LogP contribution in [0.3, 0.4) is 0 Å². The molecule has 2 aromatic rings. The first kappa shape index (κ1) is 24.7. The fourth-order valence-corrected chi connectivity index (χ4v) is 3.62. The summed E-state index contributed by atoms with van der Waals surface area (Å²) < 4.78 is 5.24. The number of rotatable bonds is 6. The van der Waals surface area contributed by atoms with E-state index in [0.717, 1.165) is 19.4 Å². The number of hydrogen-bond donors (Lipinski definition) is 1. The third kappa shape index (κ3) is 7.21. The predicted molar refractivity (Wildman–Crippen MR) is 130 cm³/mol. The zero-order valence-electron chi connectivity index (χ0n) is 19.1. The lowest BCUT2D eigenvalue weighted by molar-refractivity contribution is 0.190. The molecule has 3 rings (SSSR count). The zero-order valence-corrected chi connectivity index (χ0v) is 19.1. The summed E-state index contributed by atoms with van der Waals surface area (Å²) in [6.45, 7) is 11.1. The van der Waals surface area contributed by atoms with E-state index in [2.05, 4.69) is 85.2 Å². The molecule has 0 bridgehead atoms. The summed E-state index contributed by atoms with van der Waals surface area (Å²) in [7, 11) is 1.77. The van der Waals surface area contributed by atoms with Crippen molar-refractivity contribution >= 4 is 5.57 Å². The molecule has 2 aromatic carbocycles. The van der Waals surface area contributed by atoms with Crippen LogP contribution in [0.5, 0.6) is 0 Å². The topological polar surface area (TPSA) is 21.3 Å². The molecular formula is C27H41NO. The van der Waals surface area contributed by atoms with Crippen LogP contribution in [0, 0.1) is 0 Å². The van der Waals surface area contributed by atoms with Gasteiger partial charge < -0.3 is 10.1 Å². The van der Waals surface area contributed by atoms with Gasteiger partial charge in [0.15, 0.2) is 0 Å². The van der Waals surface area contributed by atoms with Crippen molar-refractivity contribution in [1.82, 2.24) is 5.32 Å². The van der Waals surface area contributed by atoms with Gasteiger partial charge in [0.2, 0.25) is 0 Å². The van der Waals surface area contributed by atoms with Gasteiger partial charge in [0.05, 0.1) is 0 Å². The molecule has 1 aliphatic heterocycles. The van der Waals surface area contributed by atoms with Crippen molar-refractivity contribution in [2.75, 3.05) is 13.7 Å². The van der Waals surface area contributed by atoms with Crippen LogP contribution >= 0.6 is 0 Å². The van der Waals surface area contributed by atoms with Gasteiger partial charge in [-0.2, -0.15) is 0 Å². The second-order valence-electron chi connectivity index (χ2n) is 6.56. The van der Waals surface area contributed by atoms with E-state index in [4.69, 9.17) is 4.74 Å². The highest BCUT2D eigenvalue weighted by Gasteiger charge is 2.24. The van der Waals surface area contributed by atoms with Crippen molar-refractivity contribution in [1.29, 1.82) is 0 Å². The van der Waals surface area contributed by atoms with Gasteiger partial charge in [-0.15, -0.1) is 0 Å². The number of nitrogens with one attached hydrogen (secondary N) is 1. The Kier molecular flexibility index (Phi) is 12.5. The van der Waals surface area contributed by atoms with Gasteiger partial charge in [0.1, 0.15) is 0 Å². The molecule has 160 valence electrons. The van der Waals surface area contributed by atoms with E-state index in [9.17, 15) is 0 Å². The van der Waals surface area contributed by atoms with Crippen LogP contribution in [0.15, 0.2) is 78.5 Å². The zero-order chi connectivity index (χ0) is 21.5. The van der Waals surface area contributed by atoms with Crippen LogP contribution in [-0.2, 0) is 4.74 Å². The molecule has 0 radical (unpaired) electrons. The van der Waals surface area contributed by atoms with Crippen molar-refractivity contribution in [2.45, 2.75) is 59.4 Å². The molecule has 2 atom stereocenters. The van der Waals surface area contributed by atoms with E-state index in [0.29, 0.717) is 6.04 Å². The highest BCUT2D eigenvalue weighted by Crippen LogP contribution is 2.38. The summed E-state index contributed by atoms with van der Waals surface area (Å²) in [5.41, 5.74) is 5.46. The van der Waals surface area contributed by atoms with Gasteiger partial charge in [-0.25, -0.2) is 0 Å². The van der Waals surface area contributed by atoms with Crippen LogP contribution < -0.4 is 5.32 Å². The molecule has 2 heteroatoms. The van der Waals surface area contributed by atoms with Crippen molar-refractivity contribution in [3.05, 3.63) is 89.6 Å². The number of allylic oxidation sites excluding steroid dienone is 2. The fourth-order valence-electron chi connectivity index (χ4n) is 3.62. The fraction of sp³-hybridized carbons (Fsp3) is 0.407. The molecule has 1 heterocycles. The third-order valence-electron chi connectivity index (χ3n) is 4.93. The second kappa shape index (κ2) is 14.6. The maximum absolute atomic E-state index is 5.24. The molecule has 0 aliphatic carbocycles. The van der Waals surface area contributed by atoms with Gasteiger partial charge in [0, 0.05) is 27.1 Å². The van der Waals surface area contributed by atoms with Crippen LogP contribution in [-0.4, -0.2) is 19.8 Å². The average molecular weight is 396 g/mol. The van der Waals surface area contributed by atoms with Crippen molar-refractivity contribution in [2.24, 2.45) is 0 Å². The third-order valence-corrected chi connectivity index (χ3v) is 4.93. The molecule has 2 unspecified atom stereocenters.